The fraction of sp³-hybridized carbons (Fsp3) is 0.438. The number of hydrogen-bond donors (Lipinski definition) is 1. The van der Waals surface area contributed by atoms with Gasteiger partial charge in [-0.15, -0.1) is 0 Å². The quantitative estimate of drug-likeness (QED) is 0.880. The fourth-order valence-corrected chi connectivity index (χ4v) is 2.55. The van der Waals surface area contributed by atoms with Gasteiger partial charge in [-0.1, -0.05) is 24.6 Å². The predicted molar refractivity (Wildman–Crippen MR) is 84.1 cm³/mol. The summed E-state index contributed by atoms with van der Waals surface area (Å²) in [5, 5.41) is 4.39. The molecule has 0 saturated carbocycles. The zero-order valence-corrected chi connectivity index (χ0v) is 13.1. The number of nitrogens with one attached hydrogen (secondary N) is 1. The molecular formula is C16H22ClN3. The molecule has 0 saturated heterocycles. The molecule has 0 radical (unpaired) electrons. The minimum Gasteiger partial charge on any atom is -0.338 e. The first kappa shape index (κ1) is 15.1. The van der Waals surface area contributed by atoms with Crippen LogP contribution in [0.1, 0.15) is 36.3 Å². The number of nitrogens with zero attached hydrogens (tertiary/aromatic N) is 2. The van der Waals surface area contributed by atoms with Crippen LogP contribution in [0.4, 0.5) is 0 Å². The molecule has 1 unspecified atom stereocenters. The van der Waals surface area contributed by atoms with Crippen LogP contribution in [-0.4, -0.2) is 16.1 Å². The van der Waals surface area contributed by atoms with Crippen molar-refractivity contribution in [2.75, 3.05) is 6.54 Å². The number of rotatable bonds is 6. The first-order valence-corrected chi connectivity index (χ1v) is 7.45. The highest BCUT2D eigenvalue weighted by molar-refractivity contribution is 6.30. The van der Waals surface area contributed by atoms with Gasteiger partial charge in [-0.05, 0) is 43.1 Å². The highest BCUT2D eigenvalue weighted by atomic mass is 35.5. The monoisotopic (exact) mass is 291 g/mol. The molecule has 4 heteroatoms. The van der Waals surface area contributed by atoms with E-state index in [0.717, 1.165) is 30.2 Å². The van der Waals surface area contributed by atoms with E-state index in [9.17, 15) is 0 Å². The third kappa shape index (κ3) is 3.62. The lowest BCUT2D eigenvalue weighted by Gasteiger charge is -2.21. The van der Waals surface area contributed by atoms with Crippen molar-refractivity contribution in [1.29, 1.82) is 0 Å². The van der Waals surface area contributed by atoms with Crippen molar-refractivity contribution in [2.45, 2.75) is 32.7 Å². The van der Waals surface area contributed by atoms with E-state index in [1.807, 2.05) is 25.5 Å². The minimum absolute atomic E-state index is 0.245. The molecule has 0 spiro atoms. The molecule has 20 heavy (non-hydrogen) atoms. The van der Waals surface area contributed by atoms with Crippen LogP contribution in [0.15, 0.2) is 30.6 Å². The molecule has 1 heterocycles. The Hall–Kier alpha value is -1.32. The molecule has 0 fully saturated rings. The summed E-state index contributed by atoms with van der Waals surface area (Å²) in [5.41, 5.74) is 2.52. The van der Waals surface area contributed by atoms with E-state index in [1.54, 1.807) is 0 Å². The van der Waals surface area contributed by atoms with Gasteiger partial charge in [0.05, 0.1) is 0 Å². The second-order valence-corrected chi connectivity index (χ2v) is 5.60. The fourth-order valence-electron chi connectivity index (χ4n) is 2.37. The van der Waals surface area contributed by atoms with Gasteiger partial charge in [0.2, 0.25) is 0 Å². The van der Waals surface area contributed by atoms with Crippen molar-refractivity contribution in [3.05, 3.63) is 52.6 Å². The van der Waals surface area contributed by atoms with Gasteiger partial charge in [0.25, 0.3) is 0 Å². The first-order valence-electron chi connectivity index (χ1n) is 7.07. The molecule has 3 nitrogen and oxygen atoms in total. The van der Waals surface area contributed by atoms with Crippen LogP contribution in [0, 0.1) is 6.92 Å². The third-order valence-corrected chi connectivity index (χ3v) is 3.80. The van der Waals surface area contributed by atoms with Crippen LogP contribution in [-0.2, 0) is 13.5 Å². The Morgan fingerprint density at radius 1 is 1.40 bits per heavy atom. The summed E-state index contributed by atoms with van der Waals surface area (Å²) in [6.45, 7) is 5.29. The zero-order valence-electron chi connectivity index (χ0n) is 12.4. The Morgan fingerprint density at radius 2 is 2.20 bits per heavy atom. The lowest BCUT2D eigenvalue weighted by molar-refractivity contribution is 0.510. The van der Waals surface area contributed by atoms with E-state index in [4.69, 9.17) is 11.6 Å². The summed E-state index contributed by atoms with van der Waals surface area (Å²) >= 11 is 6.16. The second kappa shape index (κ2) is 6.91. The maximum atomic E-state index is 6.16. The third-order valence-electron chi connectivity index (χ3n) is 3.57. The molecule has 0 aliphatic carbocycles. The largest absolute Gasteiger partial charge is 0.338 e. The van der Waals surface area contributed by atoms with E-state index in [-0.39, 0.29) is 6.04 Å². The Bertz CT molecular complexity index is 563. The Labute approximate surface area is 126 Å². The van der Waals surface area contributed by atoms with Gasteiger partial charge < -0.3 is 9.88 Å². The Balaban J connectivity index is 2.27. The van der Waals surface area contributed by atoms with Crippen molar-refractivity contribution < 1.29 is 0 Å². The van der Waals surface area contributed by atoms with Crippen LogP contribution in [0.5, 0.6) is 0 Å². The average Bonchev–Trinajstić information content (AvgIpc) is 2.83. The van der Waals surface area contributed by atoms with Crippen LogP contribution < -0.4 is 5.32 Å². The molecule has 2 aromatic rings. The Morgan fingerprint density at radius 3 is 2.85 bits per heavy atom. The summed E-state index contributed by atoms with van der Waals surface area (Å²) in [6.07, 6.45) is 5.80. The minimum atomic E-state index is 0.245. The van der Waals surface area contributed by atoms with Crippen molar-refractivity contribution in [3.63, 3.8) is 0 Å². The van der Waals surface area contributed by atoms with Crippen LogP contribution >= 0.6 is 11.6 Å². The number of imidazole rings is 1. The average molecular weight is 292 g/mol. The number of halogens is 1. The molecule has 2 rings (SSSR count). The summed E-state index contributed by atoms with van der Waals surface area (Å²) in [7, 11) is 2.03. The molecule has 0 aliphatic rings. The number of aromatic nitrogens is 2. The van der Waals surface area contributed by atoms with Gasteiger partial charge in [0, 0.05) is 36.9 Å². The summed E-state index contributed by atoms with van der Waals surface area (Å²) in [5.74, 6) is 1.08. The van der Waals surface area contributed by atoms with Crippen molar-refractivity contribution in [1.82, 2.24) is 14.9 Å². The molecule has 1 aromatic carbocycles. The summed E-state index contributed by atoms with van der Waals surface area (Å²) in [4.78, 5) is 4.43. The maximum absolute atomic E-state index is 6.16. The molecule has 1 aromatic heterocycles. The second-order valence-electron chi connectivity index (χ2n) is 5.17. The van der Waals surface area contributed by atoms with Crippen molar-refractivity contribution in [3.8, 4) is 0 Å². The topological polar surface area (TPSA) is 29.9 Å². The van der Waals surface area contributed by atoms with Gasteiger partial charge in [0.15, 0.2) is 0 Å². The maximum Gasteiger partial charge on any atom is 0.110 e. The zero-order chi connectivity index (χ0) is 14.5. The Kier molecular flexibility index (Phi) is 5.21. The standard InChI is InChI=1S/C16H22ClN3/c1-4-7-18-15(11-16-19-8-9-20(16)3)14-10-13(17)6-5-12(14)2/h5-6,8-10,15,18H,4,7,11H2,1-3H3. The van der Waals surface area contributed by atoms with E-state index < -0.39 is 0 Å². The smallest absolute Gasteiger partial charge is 0.110 e. The number of hydrogen-bond acceptors (Lipinski definition) is 2. The highest BCUT2D eigenvalue weighted by Crippen LogP contribution is 2.24. The van der Waals surface area contributed by atoms with Crippen molar-refractivity contribution >= 4 is 11.6 Å². The predicted octanol–water partition coefficient (Wildman–Crippen LogP) is 3.67. The van der Waals surface area contributed by atoms with Gasteiger partial charge in [-0.3, -0.25) is 0 Å². The molecule has 108 valence electrons. The van der Waals surface area contributed by atoms with Crippen LogP contribution in [0.25, 0.3) is 0 Å². The van der Waals surface area contributed by atoms with E-state index >= 15 is 0 Å². The van der Waals surface area contributed by atoms with E-state index in [0.29, 0.717) is 0 Å². The van der Waals surface area contributed by atoms with Gasteiger partial charge in [0.1, 0.15) is 5.82 Å². The number of aryl methyl sites for hydroxylation is 2. The van der Waals surface area contributed by atoms with Gasteiger partial charge >= 0.3 is 0 Å². The molecule has 1 atom stereocenters. The van der Waals surface area contributed by atoms with Crippen LogP contribution in [0.3, 0.4) is 0 Å². The van der Waals surface area contributed by atoms with E-state index in [2.05, 4.69) is 40.8 Å². The van der Waals surface area contributed by atoms with Gasteiger partial charge in [-0.25, -0.2) is 4.98 Å². The number of benzene rings is 1. The van der Waals surface area contributed by atoms with E-state index in [1.165, 1.54) is 11.1 Å². The molecule has 0 bridgehead atoms. The normalized spacial score (nSPS) is 12.6. The summed E-state index contributed by atoms with van der Waals surface area (Å²) < 4.78 is 2.07. The lowest BCUT2D eigenvalue weighted by atomic mass is 9.98. The van der Waals surface area contributed by atoms with Crippen molar-refractivity contribution in [2.24, 2.45) is 7.05 Å². The SMILES string of the molecule is CCCNC(Cc1nccn1C)c1cc(Cl)ccc1C. The van der Waals surface area contributed by atoms with Crippen LogP contribution in [0.2, 0.25) is 5.02 Å². The molecule has 0 aliphatic heterocycles. The highest BCUT2D eigenvalue weighted by Gasteiger charge is 2.16. The summed E-state index contributed by atoms with van der Waals surface area (Å²) in [6, 6.07) is 6.33. The lowest BCUT2D eigenvalue weighted by Crippen LogP contribution is -2.25. The molecular weight excluding hydrogens is 270 g/mol. The van der Waals surface area contributed by atoms with Gasteiger partial charge in [-0.2, -0.15) is 0 Å². The molecule has 1 N–H and O–H groups in total. The first-order chi connectivity index (χ1) is 9.61. The molecule has 0 amide bonds.